The molecule has 3 nitrogen and oxygen atoms in total. The molecule has 1 heterocycles. The van der Waals surface area contributed by atoms with Crippen LogP contribution in [0.3, 0.4) is 0 Å². The van der Waals surface area contributed by atoms with Gasteiger partial charge in [0.1, 0.15) is 0 Å². The molecule has 2 atom stereocenters. The predicted molar refractivity (Wildman–Crippen MR) is 78.7 cm³/mol. The molecule has 1 N–H and O–H groups in total. The quantitative estimate of drug-likeness (QED) is 0.839. The van der Waals surface area contributed by atoms with E-state index in [0.717, 1.165) is 30.7 Å². The number of nitrogens with zero attached hydrogens (tertiary/aromatic N) is 1. The van der Waals surface area contributed by atoms with Crippen LogP contribution in [0.25, 0.3) is 0 Å². The van der Waals surface area contributed by atoms with Crippen LogP contribution in [0.4, 0.5) is 0 Å². The summed E-state index contributed by atoms with van der Waals surface area (Å²) in [5.74, 6) is 1.41. The molecule has 0 aliphatic heterocycles. The second-order valence-electron chi connectivity index (χ2n) is 5.68. The van der Waals surface area contributed by atoms with E-state index >= 15 is 0 Å². The molecule has 3 rings (SSSR count). The van der Waals surface area contributed by atoms with Crippen molar-refractivity contribution >= 4 is 23.0 Å². The number of hydrazone groups is 1. The van der Waals surface area contributed by atoms with Crippen molar-refractivity contribution < 1.29 is 4.79 Å². The van der Waals surface area contributed by atoms with E-state index in [1.807, 2.05) is 11.4 Å². The molecule has 2 fully saturated rings. The fraction of sp³-hybridized carbons (Fsp3) is 0.600. The van der Waals surface area contributed by atoms with E-state index in [1.54, 1.807) is 11.3 Å². The molecule has 0 aromatic carbocycles. The van der Waals surface area contributed by atoms with Crippen molar-refractivity contribution in [1.82, 2.24) is 5.43 Å². The Balaban J connectivity index is 1.60. The molecule has 1 amide bonds. The molecule has 2 aliphatic rings. The zero-order valence-corrected chi connectivity index (χ0v) is 12.1. The minimum Gasteiger partial charge on any atom is -0.267 e. The van der Waals surface area contributed by atoms with Crippen molar-refractivity contribution in [1.29, 1.82) is 0 Å². The summed E-state index contributed by atoms with van der Waals surface area (Å²) in [6.07, 6.45) is 7.16. The zero-order valence-electron chi connectivity index (χ0n) is 11.3. The Kier molecular flexibility index (Phi) is 3.69. The van der Waals surface area contributed by atoms with Crippen LogP contribution >= 0.6 is 11.3 Å². The number of nitrogens with one attached hydrogen (secondary N) is 1. The lowest BCUT2D eigenvalue weighted by atomic mass is 9.99. The molecule has 1 aromatic heterocycles. The molecular weight excluding hydrogens is 256 g/mol. The molecule has 0 saturated heterocycles. The molecule has 2 aliphatic carbocycles. The monoisotopic (exact) mass is 276 g/mol. The number of carbonyl (C=O) groups is 1. The van der Waals surface area contributed by atoms with Crippen LogP contribution in [0.1, 0.15) is 54.3 Å². The fourth-order valence-electron chi connectivity index (χ4n) is 3.23. The Hall–Kier alpha value is -1.16. The van der Waals surface area contributed by atoms with E-state index in [4.69, 9.17) is 0 Å². The van der Waals surface area contributed by atoms with Crippen molar-refractivity contribution in [2.24, 2.45) is 16.9 Å². The van der Waals surface area contributed by atoms with Gasteiger partial charge >= 0.3 is 0 Å². The summed E-state index contributed by atoms with van der Waals surface area (Å²) in [6, 6.07) is 1.99. The molecule has 0 radical (unpaired) electrons. The van der Waals surface area contributed by atoms with Crippen LogP contribution in [0.15, 0.2) is 16.5 Å². The van der Waals surface area contributed by atoms with Crippen LogP contribution in [-0.2, 0) is 6.42 Å². The second-order valence-corrected chi connectivity index (χ2v) is 6.67. The third kappa shape index (κ3) is 2.73. The summed E-state index contributed by atoms with van der Waals surface area (Å²) in [7, 11) is 0. The van der Waals surface area contributed by atoms with Gasteiger partial charge in [-0.3, -0.25) is 4.79 Å². The lowest BCUT2D eigenvalue weighted by Crippen LogP contribution is -2.21. The summed E-state index contributed by atoms with van der Waals surface area (Å²) in [6.45, 7) is 2.15. The van der Waals surface area contributed by atoms with Gasteiger partial charge in [-0.1, -0.05) is 13.3 Å². The molecular formula is C15H20N2OS. The first-order chi connectivity index (χ1) is 9.26. The number of fused-ring (bicyclic) bond motifs is 2. The lowest BCUT2D eigenvalue weighted by molar-refractivity contribution is 0.0955. The molecule has 1 aromatic rings. The molecule has 4 heteroatoms. The fourth-order valence-corrected chi connectivity index (χ4v) is 4.20. The Morgan fingerprint density at radius 3 is 3.11 bits per heavy atom. The number of amides is 1. The van der Waals surface area contributed by atoms with Gasteiger partial charge in [-0.2, -0.15) is 5.10 Å². The molecule has 2 saturated carbocycles. The highest BCUT2D eigenvalue weighted by Gasteiger charge is 2.36. The number of hydrogen-bond acceptors (Lipinski definition) is 3. The number of carbonyl (C=O) groups excluding carboxylic acids is 1. The topological polar surface area (TPSA) is 41.5 Å². The zero-order chi connectivity index (χ0) is 13.2. The van der Waals surface area contributed by atoms with Gasteiger partial charge in [0.2, 0.25) is 0 Å². The van der Waals surface area contributed by atoms with Crippen LogP contribution in [0, 0.1) is 11.8 Å². The van der Waals surface area contributed by atoms with Gasteiger partial charge in [-0.25, -0.2) is 5.43 Å². The number of thiophene rings is 1. The third-order valence-corrected chi connectivity index (χ3v) is 5.22. The van der Waals surface area contributed by atoms with Crippen molar-refractivity contribution in [2.45, 2.75) is 45.4 Å². The van der Waals surface area contributed by atoms with Gasteiger partial charge in [0.25, 0.3) is 5.91 Å². The molecule has 2 bridgehead atoms. The first-order valence-electron chi connectivity index (χ1n) is 7.20. The van der Waals surface area contributed by atoms with Gasteiger partial charge in [0.05, 0.1) is 5.56 Å². The van der Waals surface area contributed by atoms with E-state index in [2.05, 4.69) is 17.5 Å². The summed E-state index contributed by atoms with van der Waals surface area (Å²) in [5, 5.41) is 6.29. The average molecular weight is 276 g/mol. The maximum absolute atomic E-state index is 12.0. The summed E-state index contributed by atoms with van der Waals surface area (Å²) < 4.78 is 0. The van der Waals surface area contributed by atoms with Crippen LogP contribution in [0.5, 0.6) is 0 Å². The third-order valence-electron chi connectivity index (χ3n) is 4.22. The molecule has 19 heavy (non-hydrogen) atoms. The Labute approximate surface area is 118 Å². The maximum Gasteiger partial charge on any atom is 0.272 e. The number of rotatable bonds is 4. The Morgan fingerprint density at radius 1 is 1.53 bits per heavy atom. The van der Waals surface area contributed by atoms with Gasteiger partial charge in [-0.05, 0) is 50.0 Å². The number of hydrogen-bond donors (Lipinski definition) is 1. The van der Waals surface area contributed by atoms with Crippen LogP contribution < -0.4 is 5.43 Å². The van der Waals surface area contributed by atoms with E-state index in [0.29, 0.717) is 5.92 Å². The SMILES string of the molecule is CCCc1cc(C(=O)N/N=C2\C[C@H]3CC[C@H]2C3)cs1. The minimum atomic E-state index is -0.0612. The van der Waals surface area contributed by atoms with Crippen LogP contribution in [-0.4, -0.2) is 11.6 Å². The molecule has 0 spiro atoms. The largest absolute Gasteiger partial charge is 0.272 e. The second kappa shape index (κ2) is 5.45. The van der Waals surface area contributed by atoms with Crippen molar-refractivity contribution in [3.05, 3.63) is 21.9 Å². The standard InChI is InChI=1S/C15H20N2OS/c1-2-3-13-8-12(9-19-13)15(18)17-16-14-7-10-4-5-11(14)6-10/h8-11H,2-7H2,1H3,(H,17,18)/b16-14+/t10-,11-/m0/s1. The van der Waals surface area contributed by atoms with Crippen molar-refractivity contribution in [3.8, 4) is 0 Å². The van der Waals surface area contributed by atoms with E-state index in [9.17, 15) is 4.79 Å². The maximum atomic E-state index is 12.0. The Bertz CT molecular complexity index is 506. The van der Waals surface area contributed by atoms with E-state index in [-0.39, 0.29) is 5.91 Å². The van der Waals surface area contributed by atoms with E-state index in [1.165, 1.54) is 29.9 Å². The normalized spacial score (nSPS) is 27.1. The van der Waals surface area contributed by atoms with Gasteiger partial charge in [-0.15, -0.1) is 11.3 Å². The smallest absolute Gasteiger partial charge is 0.267 e. The summed E-state index contributed by atoms with van der Waals surface area (Å²) in [4.78, 5) is 13.3. The van der Waals surface area contributed by atoms with Crippen LogP contribution in [0.2, 0.25) is 0 Å². The summed E-state index contributed by atoms with van der Waals surface area (Å²) >= 11 is 1.66. The van der Waals surface area contributed by atoms with Gasteiger partial charge < -0.3 is 0 Å². The molecule has 0 unspecified atom stereocenters. The highest BCUT2D eigenvalue weighted by molar-refractivity contribution is 7.10. The lowest BCUT2D eigenvalue weighted by Gasteiger charge is -2.11. The Morgan fingerprint density at radius 2 is 2.42 bits per heavy atom. The first kappa shape index (κ1) is 12.9. The van der Waals surface area contributed by atoms with Crippen molar-refractivity contribution in [2.75, 3.05) is 0 Å². The van der Waals surface area contributed by atoms with Gasteiger partial charge in [0, 0.05) is 16.0 Å². The average Bonchev–Trinajstić information content (AvgIpc) is 3.12. The first-order valence-corrected chi connectivity index (χ1v) is 8.08. The molecule has 102 valence electrons. The van der Waals surface area contributed by atoms with E-state index < -0.39 is 0 Å². The summed E-state index contributed by atoms with van der Waals surface area (Å²) in [5.41, 5.74) is 4.70. The van der Waals surface area contributed by atoms with Gasteiger partial charge in [0.15, 0.2) is 0 Å². The minimum absolute atomic E-state index is 0.0612. The number of aryl methyl sites for hydroxylation is 1. The highest BCUT2D eigenvalue weighted by Crippen LogP contribution is 2.42. The van der Waals surface area contributed by atoms with Crippen molar-refractivity contribution in [3.63, 3.8) is 0 Å². The predicted octanol–water partition coefficient (Wildman–Crippen LogP) is 3.61. The highest BCUT2D eigenvalue weighted by atomic mass is 32.1.